The zero-order valence-corrected chi connectivity index (χ0v) is 7.78. The molecule has 0 unspecified atom stereocenters. The summed E-state index contributed by atoms with van der Waals surface area (Å²) in [5, 5.41) is 0. The molecule has 0 saturated carbocycles. The molecule has 0 saturated heterocycles. The quantitative estimate of drug-likeness (QED) is 0.680. The lowest BCUT2D eigenvalue weighted by atomic mass is 10.4. The van der Waals surface area contributed by atoms with Crippen molar-refractivity contribution >= 4 is 27.5 Å². The normalized spacial score (nSPS) is 9.90. The van der Waals surface area contributed by atoms with Gasteiger partial charge < -0.3 is 0 Å². The minimum absolute atomic E-state index is 0.409. The van der Waals surface area contributed by atoms with Crippen LogP contribution in [-0.2, 0) is 5.88 Å². The summed E-state index contributed by atoms with van der Waals surface area (Å²) < 4.78 is 0.769. The van der Waals surface area contributed by atoms with Crippen LogP contribution in [0.4, 0.5) is 0 Å². The summed E-state index contributed by atoms with van der Waals surface area (Å²) in [5.74, 6) is 0.409. The Morgan fingerprint density at radius 2 is 2.40 bits per heavy atom. The molecule has 0 spiro atoms. The number of hydrogen-bond donors (Lipinski definition) is 0. The average molecular weight is 221 g/mol. The topological polar surface area (TPSA) is 25.8 Å². The Balaban J connectivity index is 3.04. The molecule has 0 N–H and O–H groups in total. The van der Waals surface area contributed by atoms with Gasteiger partial charge in [-0.1, -0.05) is 0 Å². The third-order valence-corrected chi connectivity index (χ3v) is 2.11. The molecule has 1 aromatic heterocycles. The van der Waals surface area contributed by atoms with Crippen LogP contribution in [-0.4, -0.2) is 9.97 Å². The van der Waals surface area contributed by atoms with Gasteiger partial charge in [-0.25, -0.2) is 4.98 Å². The molecule has 0 bridgehead atoms. The van der Waals surface area contributed by atoms with Crippen molar-refractivity contribution in [2.75, 3.05) is 0 Å². The van der Waals surface area contributed by atoms with Crippen molar-refractivity contribution in [1.82, 2.24) is 9.97 Å². The molecule has 0 aromatic carbocycles. The molecular formula is C6H6BrClN2. The number of alkyl halides is 1. The lowest BCUT2D eigenvalue weighted by molar-refractivity contribution is 1.02. The van der Waals surface area contributed by atoms with Crippen molar-refractivity contribution in [3.05, 3.63) is 22.2 Å². The van der Waals surface area contributed by atoms with Crippen LogP contribution >= 0.6 is 27.5 Å². The highest BCUT2D eigenvalue weighted by Crippen LogP contribution is 2.10. The Morgan fingerprint density at radius 3 is 2.90 bits per heavy atom. The molecule has 0 aliphatic heterocycles. The molecule has 4 heteroatoms. The first-order valence-electron chi connectivity index (χ1n) is 2.78. The van der Waals surface area contributed by atoms with Gasteiger partial charge in [0.25, 0.3) is 0 Å². The van der Waals surface area contributed by atoms with Crippen LogP contribution in [0.1, 0.15) is 11.4 Å². The summed E-state index contributed by atoms with van der Waals surface area (Å²) in [4.78, 5) is 8.17. The Hall–Kier alpha value is -0.150. The lowest BCUT2D eigenvalue weighted by Crippen LogP contribution is -1.91. The average Bonchev–Trinajstić information content (AvgIpc) is 1.95. The molecule has 0 radical (unpaired) electrons. The van der Waals surface area contributed by atoms with Crippen LogP contribution < -0.4 is 0 Å². The highest BCUT2D eigenvalue weighted by molar-refractivity contribution is 9.10. The maximum absolute atomic E-state index is 5.53. The van der Waals surface area contributed by atoms with Gasteiger partial charge in [0, 0.05) is 6.20 Å². The van der Waals surface area contributed by atoms with E-state index in [1.807, 2.05) is 6.92 Å². The third-order valence-electron chi connectivity index (χ3n) is 1.08. The Kier molecular flexibility index (Phi) is 2.63. The van der Waals surface area contributed by atoms with Gasteiger partial charge in [-0.2, -0.15) is 0 Å². The number of hydrogen-bond acceptors (Lipinski definition) is 2. The van der Waals surface area contributed by atoms with E-state index in [2.05, 4.69) is 25.9 Å². The Labute approximate surface area is 72.8 Å². The molecule has 54 valence electrons. The Bertz CT molecular complexity index is 239. The van der Waals surface area contributed by atoms with Crippen LogP contribution in [0.5, 0.6) is 0 Å². The number of aryl methyl sites for hydroxylation is 1. The van der Waals surface area contributed by atoms with Gasteiger partial charge in [0.05, 0.1) is 17.3 Å². The second-order valence-corrected chi connectivity index (χ2v) is 2.89. The van der Waals surface area contributed by atoms with Crippen molar-refractivity contribution in [2.45, 2.75) is 12.8 Å². The van der Waals surface area contributed by atoms with Crippen LogP contribution in [0.15, 0.2) is 10.8 Å². The van der Waals surface area contributed by atoms with E-state index in [1.165, 1.54) is 0 Å². The Morgan fingerprint density at radius 1 is 1.70 bits per heavy atom. The minimum atomic E-state index is 0.409. The molecule has 0 aliphatic rings. The summed E-state index contributed by atoms with van der Waals surface area (Å²) in [5.41, 5.74) is 1.67. The van der Waals surface area contributed by atoms with Gasteiger partial charge in [0.15, 0.2) is 0 Å². The van der Waals surface area contributed by atoms with E-state index in [0.29, 0.717) is 5.88 Å². The van der Waals surface area contributed by atoms with Crippen LogP contribution in [0, 0.1) is 6.92 Å². The van der Waals surface area contributed by atoms with Gasteiger partial charge >= 0.3 is 0 Å². The fraction of sp³-hybridized carbons (Fsp3) is 0.333. The number of halogens is 2. The fourth-order valence-corrected chi connectivity index (χ4v) is 0.984. The van der Waals surface area contributed by atoms with E-state index in [4.69, 9.17) is 11.6 Å². The molecule has 0 amide bonds. The zero-order valence-electron chi connectivity index (χ0n) is 5.43. The van der Waals surface area contributed by atoms with E-state index >= 15 is 0 Å². The molecule has 10 heavy (non-hydrogen) atoms. The smallest absolute Gasteiger partial charge is 0.127 e. The van der Waals surface area contributed by atoms with E-state index in [9.17, 15) is 0 Å². The van der Waals surface area contributed by atoms with Gasteiger partial charge in [-0.15, -0.1) is 11.6 Å². The van der Waals surface area contributed by atoms with Crippen molar-refractivity contribution in [3.63, 3.8) is 0 Å². The summed E-state index contributed by atoms with van der Waals surface area (Å²) >= 11 is 8.78. The SMILES string of the molecule is Cc1ncc(CCl)nc1Br. The maximum atomic E-state index is 5.53. The van der Waals surface area contributed by atoms with Crippen LogP contribution in [0.25, 0.3) is 0 Å². The lowest BCUT2D eigenvalue weighted by Gasteiger charge is -1.96. The van der Waals surface area contributed by atoms with Gasteiger partial charge in [0.1, 0.15) is 4.60 Å². The number of nitrogens with zero attached hydrogens (tertiary/aromatic N) is 2. The predicted octanol–water partition coefficient (Wildman–Crippen LogP) is 2.29. The molecule has 1 aromatic rings. The van der Waals surface area contributed by atoms with Crippen LogP contribution in [0.2, 0.25) is 0 Å². The van der Waals surface area contributed by atoms with Gasteiger partial charge in [-0.3, -0.25) is 4.98 Å². The maximum Gasteiger partial charge on any atom is 0.127 e. The molecule has 1 rings (SSSR count). The first-order valence-corrected chi connectivity index (χ1v) is 4.11. The van der Waals surface area contributed by atoms with Crippen molar-refractivity contribution in [2.24, 2.45) is 0 Å². The predicted molar refractivity (Wildman–Crippen MR) is 44.0 cm³/mol. The standard InChI is InChI=1S/C6H6BrClN2/c1-4-6(7)10-5(2-8)3-9-4/h3H,2H2,1H3. The van der Waals surface area contributed by atoms with E-state index < -0.39 is 0 Å². The van der Waals surface area contributed by atoms with Crippen molar-refractivity contribution < 1.29 is 0 Å². The molecule has 0 fully saturated rings. The summed E-state index contributed by atoms with van der Waals surface area (Å²) in [6.45, 7) is 1.88. The number of aromatic nitrogens is 2. The molecule has 2 nitrogen and oxygen atoms in total. The highest BCUT2D eigenvalue weighted by atomic mass is 79.9. The van der Waals surface area contributed by atoms with E-state index in [1.54, 1.807) is 6.20 Å². The third kappa shape index (κ3) is 1.67. The zero-order chi connectivity index (χ0) is 7.56. The van der Waals surface area contributed by atoms with Crippen molar-refractivity contribution in [1.29, 1.82) is 0 Å². The molecule has 0 aliphatic carbocycles. The summed E-state index contributed by atoms with van der Waals surface area (Å²) in [7, 11) is 0. The minimum Gasteiger partial charge on any atom is -0.257 e. The van der Waals surface area contributed by atoms with Crippen LogP contribution in [0.3, 0.4) is 0 Å². The summed E-state index contributed by atoms with van der Waals surface area (Å²) in [6.07, 6.45) is 1.67. The molecule has 0 atom stereocenters. The largest absolute Gasteiger partial charge is 0.257 e. The van der Waals surface area contributed by atoms with Gasteiger partial charge in [0.2, 0.25) is 0 Å². The molecular weight excluding hydrogens is 215 g/mol. The fourth-order valence-electron chi connectivity index (χ4n) is 0.525. The monoisotopic (exact) mass is 220 g/mol. The van der Waals surface area contributed by atoms with Crippen molar-refractivity contribution in [3.8, 4) is 0 Å². The van der Waals surface area contributed by atoms with E-state index in [0.717, 1.165) is 16.0 Å². The second-order valence-electron chi connectivity index (χ2n) is 1.87. The number of rotatable bonds is 1. The first-order chi connectivity index (χ1) is 4.74. The highest BCUT2D eigenvalue weighted by Gasteiger charge is 1.97. The molecule has 1 heterocycles. The van der Waals surface area contributed by atoms with Gasteiger partial charge in [-0.05, 0) is 22.9 Å². The van der Waals surface area contributed by atoms with E-state index in [-0.39, 0.29) is 0 Å². The second kappa shape index (κ2) is 3.30. The first kappa shape index (κ1) is 7.95. The summed E-state index contributed by atoms with van der Waals surface area (Å²) in [6, 6.07) is 0.